The summed E-state index contributed by atoms with van der Waals surface area (Å²) in [5.41, 5.74) is 0.493. The second kappa shape index (κ2) is 6.61. The molecule has 0 bridgehead atoms. The van der Waals surface area contributed by atoms with E-state index in [4.69, 9.17) is 0 Å². The fraction of sp³-hybridized carbons (Fsp3) is 0.429. The number of aromatic nitrogens is 2. The number of hydrogen-bond donors (Lipinski definition) is 0. The molecular weight excluding hydrogens is 251 g/mol. The Bertz CT molecular complexity index is 314. The van der Waals surface area contributed by atoms with Crippen molar-refractivity contribution in [2.45, 2.75) is 19.0 Å². The van der Waals surface area contributed by atoms with Crippen molar-refractivity contribution in [3.8, 4) is 0 Å². The third kappa shape index (κ3) is 6.96. The maximum absolute atomic E-state index is 11.9. The Balaban J connectivity index is 0.00000196. The number of rotatable bonds is 3. The van der Waals surface area contributed by atoms with Crippen LogP contribution in [0.4, 0.5) is 12.9 Å². The average Bonchev–Trinajstić information content (AvgIpc) is 1.97. The van der Waals surface area contributed by atoms with Crippen LogP contribution in [0, 0.1) is 13.8 Å². The van der Waals surface area contributed by atoms with Gasteiger partial charge in [0.2, 0.25) is 0 Å². The van der Waals surface area contributed by atoms with Gasteiger partial charge in [-0.2, -0.15) is 0 Å². The van der Waals surface area contributed by atoms with Gasteiger partial charge in [0.1, 0.15) is 0 Å². The van der Waals surface area contributed by atoms with Crippen LogP contribution in [-0.2, 0) is 0 Å². The summed E-state index contributed by atoms with van der Waals surface area (Å²) < 4.78 is 35.8. The molecular formula is C7H9BF3KN2S. The SMILES string of the molecule is Cc1cc(C)nc(SC[B-](F)(F)F)n1.[K+]. The molecule has 0 aliphatic carbocycles. The van der Waals surface area contributed by atoms with Crippen LogP contribution in [0.5, 0.6) is 0 Å². The molecule has 0 spiro atoms. The minimum atomic E-state index is -4.77. The summed E-state index contributed by atoms with van der Waals surface area (Å²) in [5, 5.41) is 0.196. The molecule has 0 fully saturated rings. The Hall–Kier alpha value is 0.921. The van der Waals surface area contributed by atoms with E-state index in [1.807, 2.05) is 0 Å². The molecule has 1 aromatic rings. The summed E-state index contributed by atoms with van der Waals surface area (Å²) in [5.74, 6) is 0. The van der Waals surface area contributed by atoms with Crippen molar-refractivity contribution in [3.05, 3.63) is 17.5 Å². The molecule has 1 aromatic heterocycles. The van der Waals surface area contributed by atoms with Gasteiger partial charge in [0, 0.05) is 11.4 Å². The van der Waals surface area contributed by atoms with Crippen molar-refractivity contribution >= 4 is 18.7 Å². The van der Waals surface area contributed by atoms with Gasteiger partial charge in [-0.05, 0) is 25.6 Å². The van der Waals surface area contributed by atoms with Crippen LogP contribution >= 0.6 is 11.8 Å². The number of aryl methyl sites for hydroxylation is 2. The summed E-state index contributed by atoms with van der Waals surface area (Å²) >= 11 is 0.636. The molecule has 0 aliphatic rings. The van der Waals surface area contributed by atoms with Crippen molar-refractivity contribution in [1.82, 2.24) is 9.97 Å². The van der Waals surface area contributed by atoms with E-state index in [0.29, 0.717) is 23.1 Å². The second-order valence-corrected chi connectivity index (χ2v) is 3.94. The number of thioether (sulfide) groups is 1. The first-order chi connectivity index (χ1) is 6.37. The standard InChI is InChI=1S/C7H9BF3N2S.K/c1-5-3-6(2)13-7(12-5)14-4-8(9,10)11;/h3H,4H2,1-2H3;/q-1;+1. The van der Waals surface area contributed by atoms with Crippen molar-refractivity contribution < 1.29 is 64.3 Å². The van der Waals surface area contributed by atoms with Crippen molar-refractivity contribution in [2.75, 3.05) is 5.65 Å². The fourth-order valence-corrected chi connectivity index (χ4v) is 1.68. The zero-order valence-corrected chi connectivity index (χ0v) is 12.7. The maximum Gasteiger partial charge on any atom is 1.00 e. The molecule has 0 amide bonds. The molecule has 0 saturated heterocycles. The molecule has 0 atom stereocenters. The van der Waals surface area contributed by atoms with Gasteiger partial charge in [0.05, 0.1) is 0 Å². The maximum atomic E-state index is 11.9. The van der Waals surface area contributed by atoms with Crippen LogP contribution in [0.15, 0.2) is 11.2 Å². The Morgan fingerprint density at radius 1 is 1.20 bits per heavy atom. The average molecular weight is 260 g/mol. The van der Waals surface area contributed by atoms with Crippen LogP contribution in [0.25, 0.3) is 0 Å². The first-order valence-electron chi connectivity index (χ1n) is 4.03. The van der Waals surface area contributed by atoms with Crippen LogP contribution in [-0.4, -0.2) is 22.6 Å². The molecule has 8 heteroatoms. The predicted octanol–water partition coefficient (Wildman–Crippen LogP) is -0.424. The fourth-order valence-electron chi connectivity index (χ4n) is 0.927. The molecule has 15 heavy (non-hydrogen) atoms. The van der Waals surface area contributed by atoms with Gasteiger partial charge in [-0.3, -0.25) is 0 Å². The number of halogens is 3. The molecule has 1 heterocycles. The van der Waals surface area contributed by atoms with E-state index in [1.54, 1.807) is 19.9 Å². The zero-order valence-electron chi connectivity index (χ0n) is 8.80. The summed E-state index contributed by atoms with van der Waals surface area (Å²) in [6.45, 7) is -1.30. The van der Waals surface area contributed by atoms with Gasteiger partial charge in [-0.1, -0.05) is 0 Å². The van der Waals surface area contributed by atoms with E-state index in [9.17, 15) is 12.9 Å². The van der Waals surface area contributed by atoms with E-state index in [-0.39, 0.29) is 56.5 Å². The number of hydrogen-bond acceptors (Lipinski definition) is 3. The molecule has 0 radical (unpaired) electrons. The molecule has 0 saturated carbocycles. The first-order valence-corrected chi connectivity index (χ1v) is 5.01. The summed E-state index contributed by atoms with van der Waals surface area (Å²) in [4.78, 5) is 7.80. The predicted molar refractivity (Wildman–Crippen MR) is 51.3 cm³/mol. The van der Waals surface area contributed by atoms with Crippen LogP contribution in [0.2, 0.25) is 0 Å². The third-order valence-corrected chi connectivity index (χ3v) is 2.35. The monoisotopic (exact) mass is 260 g/mol. The molecule has 2 nitrogen and oxygen atoms in total. The minimum absolute atomic E-state index is 0. The minimum Gasteiger partial charge on any atom is -0.448 e. The Morgan fingerprint density at radius 2 is 1.67 bits per heavy atom. The molecule has 1 rings (SSSR count). The van der Waals surface area contributed by atoms with E-state index < -0.39 is 12.6 Å². The quantitative estimate of drug-likeness (QED) is 0.419. The number of nitrogens with zero attached hydrogens (tertiary/aromatic N) is 2. The topological polar surface area (TPSA) is 25.8 Å². The second-order valence-electron chi connectivity index (χ2n) is 2.95. The summed E-state index contributed by atoms with van der Waals surface area (Å²) in [7, 11) is 0. The summed E-state index contributed by atoms with van der Waals surface area (Å²) in [6.07, 6.45) is 0. The Labute approximate surface area is 133 Å². The van der Waals surface area contributed by atoms with E-state index >= 15 is 0 Å². The first kappa shape index (κ1) is 15.9. The molecule has 0 aromatic carbocycles. The van der Waals surface area contributed by atoms with Gasteiger partial charge < -0.3 is 12.9 Å². The molecule has 0 N–H and O–H groups in total. The summed E-state index contributed by atoms with van der Waals surface area (Å²) in [6, 6.07) is 1.72. The van der Waals surface area contributed by atoms with Crippen LogP contribution in [0.3, 0.4) is 0 Å². The third-order valence-electron chi connectivity index (χ3n) is 1.36. The smallest absolute Gasteiger partial charge is 0.448 e. The van der Waals surface area contributed by atoms with Gasteiger partial charge in [-0.15, -0.1) is 11.8 Å². The van der Waals surface area contributed by atoms with Crippen LogP contribution in [0.1, 0.15) is 11.4 Å². The van der Waals surface area contributed by atoms with Crippen LogP contribution < -0.4 is 51.4 Å². The molecule has 0 unspecified atom stereocenters. The Morgan fingerprint density at radius 3 is 2.07 bits per heavy atom. The van der Waals surface area contributed by atoms with Crippen molar-refractivity contribution in [2.24, 2.45) is 0 Å². The van der Waals surface area contributed by atoms with Gasteiger partial charge in [-0.25, -0.2) is 9.97 Å². The van der Waals surface area contributed by atoms with E-state index in [0.717, 1.165) is 0 Å². The zero-order chi connectivity index (χ0) is 10.8. The largest absolute Gasteiger partial charge is 1.00 e. The van der Waals surface area contributed by atoms with Gasteiger partial charge in [0.15, 0.2) is 5.16 Å². The van der Waals surface area contributed by atoms with Crippen molar-refractivity contribution in [1.29, 1.82) is 0 Å². The van der Waals surface area contributed by atoms with Gasteiger partial charge in [0.25, 0.3) is 0 Å². The Kier molecular flexibility index (Phi) is 7.01. The molecule has 0 aliphatic heterocycles. The van der Waals surface area contributed by atoms with E-state index in [1.165, 1.54) is 0 Å². The molecule has 78 valence electrons. The van der Waals surface area contributed by atoms with Gasteiger partial charge >= 0.3 is 58.4 Å². The van der Waals surface area contributed by atoms with Crippen molar-refractivity contribution in [3.63, 3.8) is 0 Å². The van der Waals surface area contributed by atoms with E-state index in [2.05, 4.69) is 9.97 Å². The normalized spacial score (nSPS) is 11.0.